The minimum Gasteiger partial charge on any atom is -0.497 e. The average Bonchev–Trinajstić information content (AvgIpc) is 2.47. The standard InChI is InChI=1S/C14H21N3O4/c1-21-11-5-3-10(4-6-11)17-13(18)9-12(14(19)20)16-8-2-7-15/h3-6,12,16H,2,7-9,15H2,1H3,(H,17,18)(H,19,20)/t12-/m0/s1. The van der Waals surface area contributed by atoms with Gasteiger partial charge < -0.3 is 26.2 Å². The number of hydrogen-bond donors (Lipinski definition) is 4. The van der Waals surface area contributed by atoms with Gasteiger partial charge in [0.2, 0.25) is 5.91 Å². The van der Waals surface area contributed by atoms with Crippen molar-refractivity contribution in [1.82, 2.24) is 5.32 Å². The molecule has 1 aromatic carbocycles. The molecule has 0 aliphatic rings. The third-order valence-corrected chi connectivity index (χ3v) is 2.83. The highest BCUT2D eigenvalue weighted by Gasteiger charge is 2.20. The maximum absolute atomic E-state index is 11.8. The molecule has 0 heterocycles. The van der Waals surface area contributed by atoms with Gasteiger partial charge >= 0.3 is 5.97 Å². The molecule has 0 saturated carbocycles. The molecule has 21 heavy (non-hydrogen) atoms. The van der Waals surface area contributed by atoms with Crippen LogP contribution in [0.1, 0.15) is 12.8 Å². The van der Waals surface area contributed by atoms with E-state index in [1.165, 1.54) is 0 Å². The Hall–Kier alpha value is -2.12. The molecular weight excluding hydrogens is 274 g/mol. The fraction of sp³-hybridized carbons (Fsp3) is 0.429. The molecule has 0 fully saturated rings. The summed E-state index contributed by atoms with van der Waals surface area (Å²) in [5.74, 6) is -0.746. The predicted molar refractivity (Wildman–Crippen MR) is 79.3 cm³/mol. The lowest BCUT2D eigenvalue weighted by molar-refractivity contribution is -0.141. The van der Waals surface area contributed by atoms with E-state index in [0.717, 1.165) is 0 Å². The van der Waals surface area contributed by atoms with Crippen LogP contribution in [0.25, 0.3) is 0 Å². The van der Waals surface area contributed by atoms with Crippen molar-refractivity contribution in [3.05, 3.63) is 24.3 Å². The zero-order valence-electron chi connectivity index (χ0n) is 12.0. The average molecular weight is 295 g/mol. The van der Waals surface area contributed by atoms with Gasteiger partial charge in [0.15, 0.2) is 0 Å². The molecule has 0 saturated heterocycles. The van der Waals surface area contributed by atoms with E-state index in [4.69, 9.17) is 15.6 Å². The van der Waals surface area contributed by atoms with Crippen LogP contribution in [0.15, 0.2) is 24.3 Å². The summed E-state index contributed by atoms with van der Waals surface area (Å²) in [5.41, 5.74) is 5.93. The molecule has 1 aromatic rings. The third kappa shape index (κ3) is 6.24. The number of hydrogen-bond acceptors (Lipinski definition) is 5. The third-order valence-electron chi connectivity index (χ3n) is 2.83. The first-order valence-electron chi connectivity index (χ1n) is 6.67. The minimum absolute atomic E-state index is 0.147. The summed E-state index contributed by atoms with van der Waals surface area (Å²) in [6.45, 7) is 0.931. The Balaban J connectivity index is 2.50. The van der Waals surface area contributed by atoms with Crippen LogP contribution < -0.4 is 21.1 Å². The van der Waals surface area contributed by atoms with Crippen molar-refractivity contribution in [3.8, 4) is 5.75 Å². The van der Waals surface area contributed by atoms with Gasteiger partial charge in [0.1, 0.15) is 11.8 Å². The number of methoxy groups -OCH3 is 1. The quantitative estimate of drug-likeness (QED) is 0.491. The summed E-state index contributed by atoms with van der Waals surface area (Å²) in [5, 5.41) is 14.5. The number of nitrogens with one attached hydrogen (secondary N) is 2. The largest absolute Gasteiger partial charge is 0.497 e. The Morgan fingerprint density at radius 2 is 2.00 bits per heavy atom. The molecule has 1 atom stereocenters. The summed E-state index contributed by atoms with van der Waals surface area (Å²) < 4.78 is 5.01. The Morgan fingerprint density at radius 1 is 1.33 bits per heavy atom. The van der Waals surface area contributed by atoms with Crippen LogP contribution >= 0.6 is 0 Å². The Bertz CT molecular complexity index is 462. The van der Waals surface area contributed by atoms with E-state index >= 15 is 0 Å². The molecule has 0 aliphatic heterocycles. The minimum atomic E-state index is -1.06. The smallest absolute Gasteiger partial charge is 0.321 e. The second-order valence-corrected chi connectivity index (χ2v) is 4.47. The van der Waals surface area contributed by atoms with Gasteiger partial charge in [-0.3, -0.25) is 9.59 Å². The van der Waals surface area contributed by atoms with E-state index in [1.807, 2.05) is 0 Å². The fourth-order valence-electron chi connectivity index (χ4n) is 1.70. The number of nitrogens with two attached hydrogens (primary N) is 1. The van der Waals surface area contributed by atoms with Crippen LogP contribution in [0.4, 0.5) is 5.69 Å². The summed E-state index contributed by atoms with van der Waals surface area (Å²) in [6, 6.07) is 5.88. The Kier molecular flexibility index (Phi) is 7.20. The molecule has 1 rings (SSSR count). The molecule has 0 aliphatic carbocycles. The van der Waals surface area contributed by atoms with E-state index in [-0.39, 0.29) is 12.3 Å². The van der Waals surface area contributed by atoms with Gasteiger partial charge in [-0.2, -0.15) is 0 Å². The first-order chi connectivity index (χ1) is 10.1. The number of carbonyl (C=O) groups is 2. The van der Waals surface area contributed by atoms with E-state index in [9.17, 15) is 9.59 Å². The molecule has 0 unspecified atom stereocenters. The summed E-state index contributed by atoms with van der Waals surface area (Å²) in [6.07, 6.45) is 0.510. The number of carbonyl (C=O) groups excluding carboxylic acids is 1. The maximum Gasteiger partial charge on any atom is 0.321 e. The normalized spacial score (nSPS) is 11.7. The molecule has 1 amide bonds. The monoisotopic (exact) mass is 295 g/mol. The van der Waals surface area contributed by atoms with Crippen LogP contribution in [-0.2, 0) is 9.59 Å². The van der Waals surface area contributed by atoms with E-state index in [2.05, 4.69) is 10.6 Å². The van der Waals surface area contributed by atoms with Crippen molar-refractivity contribution < 1.29 is 19.4 Å². The van der Waals surface area contributed by atoms with Gasteiger partial charge in [-0.15, -0.1) is 0 Å². The van der Waals surface area contributed by atoms with Crippen LogP contribution in [-0.4, -0.2) is 43.2 Å². The lowest BCUT2D eigenvalue weighted by atomic mass is 10.2. The Labute approximate surface area is 123 Å². The lowest BCUT2D eigenvalue weighted by Crippen LogP contribution is -2.40. The number of anilines is 1. The summed E-state index contributed by atoms with van der Waals surface area (Å²) >= 11 is 0. The second kappa shape index (κ2) is 8.93. The van der Waals surface area contributed by atoms with Gasteiger partial charge in [0.25, 0.3) is 0 Å². The number of aliphatic carboxylic acids is 1. The fourth-order valence-corrected chi connectivity index (χ4v) is 1.70. The van der Waals surface area contributed by atoms with Crippen molar-refractivity contribution in [2.24, 2.45) is 5.73 Å². The number of benzene rings is 1. The van der Waals surface area contributed by atoms with Crippen LogP contribution in [0.5, 0.6) is 5.75 Å². The van der Waals surface area contributed by atoms with Gasteiger partial charge in [-0.25, -0.2) is 0 Å². The molecule has 0 spiro atoms. The zero-order chi connectivity index (χ0) is 15.7. The number of carboxylic acids is 1. The summed E-state index contributed by atoms with van der Waals surface area (Å²) in [4.78, 5) is 22.9. The number of carboxylic acid groups (broad SMARTS) is 1. The van der Waals surface area contributed by atoms with Crippen molar-refractivity contribution in [1.29, 1.82) is 0 Å². The maximum atomic E-state index is 11.8. The molecule has 0 aromatic heterocycles. The SMILES string of the molecule is COc1ccc(NC(=O)C[C@H](NCCCN)C(=O)O)cc1. The molecular formula is C14H21N3O4. The highest BCUT2D eigenvalue weighted by atomic mass is 16.5. The first-order valence-corrected chi connectivity index (χ1v) is 6.67. The summed E-state index contributed by atoms with van der Waals surface area (Å²) in [7, 11) is 1.55. The van der Waals surface area contributed by atoms with Gasteiger partial charge in [0, 0.05) is 5.69 Å². The lowest BCUT2D eigenvalue weighted by Gasteiger charge is -2.14. The Morgan fingerprint density at radius 3 is 2.52 bits per heavy atom. The van der Waals surface area contributed by atoms with Gasteiger partial charge in [-0.05, 0) is 43.8 Å². The highest BCUT2D eigenvalue weighted by molar-refractivity contribution is 5.94. The second-order valence-electron chi connectivity index (χ2n) is 4.47. The number of amides is 1. The van der Waals surface area contributed by atoms with Gasteiger partial charge in [-0.1, -0.05) is 0 Å². The number of rotatable bonds is 9. The van der Waals surface area contributed by atoms with Crippen molar-refractivity contribution >= 4 is 17.6 Å². The molecule has 0 bridgehead atoms. The molecule has 5 N–H and O–H groups in total. The van der Waals surface area contributed by atoms with Crippen LogP contribution in [0.2, 0.25) is 0 Å². The van der Waals surface area contributed by atoms with Crippen LogP contribution in [0.3, 0.4) is 0 Å². The first kappa shape index (κ1) is 16.9. The van der Waals surface area contributed by atoms with E-state index in [0.29, 0.717) is 30.9 Å². The molecule has 0 radical (unpaired) electrons. The highest BCUT2D eigenvalue weighted by Crippen LogP contribution is 2.15. The van der Waals surface area contributed by atoms with Crippen molar-refractivity contribution in [2.45, 2.75) is 18.9 Å². The van der Waals surface area contributed by atoms with Crippen LogP contribution in [0, 0.1) is 0 Å². The zero-order valence-corrected chi connectivity index (χ0v) is 12.0. The van der Waals surface area contributed by atoms with Crippen molar-refractivity contribution in [3.63, 3.8) is 0 Å². The number of ether oxygens (including phenoxy) is 1. The van der Waals surface area contributed by atoms with E-state index in [1.54, 1.807) is 31.4 Å². The van der Waals surface area contributed by atoms with E-state index < -0.39 is 12.0 Å². The van der Waals surface area contributed by atoms with Gasteiger partial charge in [0.05, 0.1) is 13.5 Å². The molecule has 7 heteroatoms. The van der Waals surface area contributed by atoms with Crippen molar-refractivity contribution in [2.75, 3.05) is 25.5 Å². The molecule has 116 valence electrons. The molecule has 7 nitrogen and oxygen atoms in total. The predicted octanol–water partition coefficient (Wildman–Crippen LogP) is 0.415. The topological polar surface area (TPSA) is 114 Å².